The normalized spacial score (nSPS) is 23.3. The molecule has 0 unspecified atom stereocenters. The van der Waals surface area contributed by atoms with Gasteiger partial charge < -0.3 is 14.7 Å². The van der Waals surface area contributed by atoms with Gasteiger partial charge in [-0.2, -0.15) is 0 Å². The Balaban J connectivity index is 2.42. The molecule has 3 nitrogen and oxygen atoms in total. The topological polar surface area (TPSA) is 32.7 Å². The SMILES string of the molecule is CCOC1(CO)CCN(CC)CC1. The summed E-state index contributed by atoms with van der Waals surface area (Å²) in [5, 5.41) is 9.29. The molecule has 1 fully saturated rings. The number of ether oxygens (including phenoxy) is 1. The standard InChI is InChI=1S/C10H21NO2/c1-3-11-7-5-10(9-12,6-8-11)13-4-2/h12H,3-9H2,1-2H3. The van der Waals surface area contributed by atoms with Gasteiger partial charge in [-0.3, -0.25) is 0 Å². The number of nitrogens with zero attached hydrogens (tertiary/aromatic N) is 1. The zero-order valence-electron chi connectivity index (χ0n) is 8.75. The molecule has 1 saturated heterocycles. The molecule has 0 amide bonds. The van der Waals surface area contributed by atoms with Gasteiger partial charge in [0, 0.05) is 19.7 Å². The van der Waals surface area contributed by atoms with E-state index >= 15 is 0 Å². The maximum Gasteiger partial charge on any atom is 0.0936 e. The van der Waals surface area contributed by atoms with Crippen molar-refractivity contribution >= 4 is 0 Å². The van der Waals surface area contributed by atoms with E-state index in [0.29, 0.717) is 6.61 Å². The zero-order valence-corrected chi connectivity index (χ0v) is 8.75. The van der Waals surface area contributed by atoms with E-state index in [-0.39, 0.29) is 12.2 Å². The van der Waals surface area contributed by atoms with Gasteiger partial charge in [0.2, 0.25) is 0 Å². The first kappa shape index (κ1) is 11.0. The molecule has 0 bridgehead atoms. The van der Waals surface area contributed by atoms with Crippen molar-refractivity contribution in [3.05, 3.63) is 0 Å². The van der Waals surface area contributed by atoms with Gasteiger partial charge in [-0.15, -0.1) is 0 Å². The van der Waals surface area contributed by atoms with Crippen LogP contribution in [-0.4, -0.2) is 48.5 Å². The van der Waals surface area contributed by atoms with Crippen LogP contribution in [0.1, 0.15) is 26.7 Å². The Kier molecular flexibility index (Phi) is 4.16. The van der Waals surface area contributed by atoms with Crippen LogP contribution in [0.5, 0.6) is 0 Å². The molecule has 0 atom stereocenters. The van der Waals surface area contributed by atoms with E-state index in [2.05, 4.69) is 11.8 Å². The molecular formula is C10H21NO2. The number of hydrogen-bond donors (Lipinski definition) is 1. The Morgan fingerprint density at radius 3 is 2.31 bits per heavy atom. The molecule has 0 saturated carbocycles. The van der Waals surface area contributed by atoms with Gasteiger partial charge in [-0.25, -0.2) is 0 Å². The van der Waals surface area contributed by atoms with Crippen molar-refractivity contribution < 1.29 is 9.84 Å². The van der Waals surface area contributed by atoms with Gasteiger partial charge in [0.1, 0.15) is 0 Å². The Morgan fingerprint density at radius 2 is 1.92 bits per heavy atom. The highest BCUT2D eigenvalue weighted by atomic mass is 16.5. The Hall–Kier alpha value is -0.120. The van der Waals surface area contributed by atoms with Crippen molar-refractivity contribution in [3.63, 3.8) is 0 Å². The lowest BCUT2D eigenvalue weighted by molar-refractivity contribution is -0.107. The first-order chi connectivity index (χ1) is 6.26. The minimum absolute atomic E-state index is 0.165. The highest BCUT2D eigenvalue weighted by Crippen LogP contribution is 2.25. The maximum atomic E-state index is 9.29. The van der Waals surface area contributed by atoms with Crippen LogP contribution < -0.4 is 0 Å². The molecule has 1 N–H and O–H groups in total. The van der Waals surface area contributed by atoms with Crippen molar-refractivity contribution in [2.45, 2.75) is 32.3 Å². The summed E-state index contributed by atoms with van der Waals surface area (Å²) in [5.74, 6) is 0. The number of likely N-dealkylation sites (tertiary alicyclic amines) is 1. The Labute approximate surface area is 80.7 Å². The number of hydrogen-bond acceptors (Lipinski definition) is 3. The lowest BCUT2D eigenvalue weighted by atomic mass is 9.92. The molecule has 13 heavy (non-hydrogen) atoms. The number of aliphatic hydroxyl groups is 1. The number of aliphatic hydroxyl groups excluding tert-OH is 1. The Bertz CT molecular complexity index is 142. The van der Waals surface area contributed by atoms with Crippen LogP contribution in [0.25, 0.3) is 0 Å². The van der Waals surface area contributed by atoms with Gasteiger partial charge in [-0.1, -0.05) is 6.92 Å². The molecule has 0 aliphatic carbocycles. The molecular weight excluding hydrogens is 166 g/mol. The van der Waals surface area contributed by atoms with Gasteiger partial charge >= 0.3 is 0 Å². The first-order valence-corrected chi connectivity index (χ1v) is 5.23. The second-order valence-electron chi connectivity index (χ2n) is 3.71. The largest absolute Gasteiger partial charge is 0.393 e. The summed E-state index contributed by atoms with van der Waals surface area (Å²) in [7, 11) is 0. The fourth-order valence-electron chi connectivity index (χ4n) is 1.93. The van der Waals surface area contributed by atoms with Crippen molar-refractivity contribution in [1.82, 2.24) is 4.90 Å². The molecule has 0 aromatic rings. The summed E-state index contributed by atoms with van der Waals surface area (Å²) in [4.78, 5) is 2.40. The Morgan fingerprint density at radius 1 is 1.31 bits per heavy atom. The summed E-state index contributed by atoms with van der Waals surface area (Å²) in [6, 6.07) is 0. The van der Waals surface area contributed by atoms with Crippen LogP contribution in [0.2, 0.25) is 0 Å². The van der Waals surface area contributed by atoms with E-state index in [1.165, 1.54) is 0 Å². The van der Waals surface area contributed by atoms with E-state index in [1.807, 2.05) is 6.92 Å². The van der Waals surface area contributed by atoms with Crippen molar-refractivity contribution in [3.8, 4) is 0 Å². The molecule has 0 radical (unpaired) electrons. The molecule has 78 valence electrons. The van der Waals surface area contributed by atoms with Gasteiger partial charge in [0.25, 0.3) is 0 Å². The minimum Gasteiger partial charge on any atom is -0.393 e. The van der Waals surface area contributed by atoms with E-state index in [9.17, 15) is 5.11 Å². The van der Waals surface area contributed by atoms with E-state index in [0.717, 1.165) is 32.5 Å². The van der Waals surface area contributed by atoms with Gasteiger partial charge in [0.15, 0.2) is 0 Å². The molecule has 1 rings (SSSR count). The highest BCUT2D eigenvalue weighted by Gasteiger charge is 2.33. The third-order valence-electron chi connectivity index (χ3n) is 2.95. The smallest absolute Gasteiger partial charge is 0.0936 e. The van der Waals surface area contributed by atoms with Crippen LogP contribution in [0, 0.1) is 0 Å². The van der Waals surface area contributed by atoms with E-state index in [1.54, 1.807) is 0 Å². The molecule has 0 aromatic heterocycles. The summed E-state index contributed by atoms with van der Waals surface area (Å²) in [6.07, 6.45) is 1.93. The van der Waals surface area contributed by atoms with Crippen LogP contribution >= 0.6 is 0 Å². The lowest BCUT2D eigenvalue weighted by Gasteiger charge is -2.40. The maximum absolute atomic E-state index is 9.29. The lowest BCUT2D eigenvalue weighted by Crippen LogP contribution is -2.48. The molecule has 0 aromatic carbocycles. The van der Waals surface area contributed by atoms with Gasteiger partial charge in [-0.05, 0) is 26.3 Å². The van der Waals surface area contributed by atoms with Crippen LogP contribution in [-0.2, 0) is 4.74 Å². The van der Waals surface area contributed by atoms with E-state index < -0.39 is 0 Å². The number of rotatable bonds is 4. The zero-order chi connectivity index (χ0) is 9.73. The molecule has 1 aliphatic heterocycles. The summed E-state index contributed by atoms with van der Waals surface area (Å²) < 4.78 is 5.64. The van der Waals surface area contributed by atoms with Crippen LogP contribution in [0.4, 0.5) is 0 Å². The van der Waals surface area contributed by atoms with E-state index in [4.69, 9.17) is 4.74 Å². The average molecular weight is 187 g/mol. The van der Waals surface area contributed by atoms with Crippen molar-refractivity contribution in [1.29, 1.82) is 0 Å². The minimum atomic E-state index is -0.236. The molecule has 3 heteroatoms. The summed E-state index contributed by atoms with van der Waals surface area (Å²) in [5.41, 5.74) is -0.236. The molecule has 1 aliphatic rings. The third-order valence-corrected chi connectivity index (χ3v) is 2.95. The molecule has 0 spiro atoms. The third kappa shape index (κ3) is 2.66. The fraction of sp³-hybridized carbons (Fsp3) is 1.00. The first-order valence-electron chi connectivity index (χ1n) is 5.23. The second-order valence-corrected chi connectivity index (χ2v) is 3.71. The number of piperidine rings is 1. The summed E-state index contributed by atoms with van der Waals surface area (Å²) >= 11 is 0. The highest BCUT2D eigenvalue weighted by molar-refractivity contribution is 4.86. The van der Waals surface area contributed by atoms with Crippen molar-refractivity contribution in [2.24, 2.45) is 0 Å². The monoisotopic (exact) mass is 187 g/mol. The fourth-order valence-corrected chi connectivity index (χ4v) is 1.93. The predicted molar refractivity (Wildman–Crippen MR) is 52.8 cm³/mol. The van der Waals surface area contributed by atoms with Gasteiger partial charge in [0.05, 0.1) is 12.2 Å². The summed E-state index contributed by atoms with van der Waals surface area (Å²) in [6.45, 7) is 8.24. The predicted octanol–water partition coefficient (Wildman–Crippen LogP) is 0.870. The van der Waals surface area contributed by atoms with Crippen molar-refractivity contribution in [2.75, 3.05) is 32.8 Å². The molecule has 1 heterocycles. The van der Waals surface area contributed by atoms with Crippen LogP contribution in [0.15, 0.2) is 0 Å². The average Bonchev–Trinajstić information content (AvgIpc) is 2.19. The van der Waals surface area contributed by atoms with Crippen LogP contribution in [0.3, 0.4) is 0 Å². The second kappa shape index (κ2) is 4.94. The quantitative estimate of drug-likeness (QED) is 0.709.